The van der Waals surface area contributed by atoms with Crippen LogP contribution in [0.4, 0.5) is 10.4 Å². The number of aromatic nitrogens is 1. The Bertz CT molecular complexity index is 445. The summed E-state index contributed by atoms with van der Waals surface area (Å²) in [5.74, 6) is 0.181. The first-order valence-corrected chi connectivity index (χ1v) is 4.14. The lowest BCUT2D eigenvalue weighted by Gasteiger charge is -1.98. The number of hydrogen-bond donors (Lipinski definition) is 1. The Morgan fingerprint density at radius 2 is 2.14 bits per heavy atom. The zero-order valence-corrected chi connectivity index (χ0v) is 7.62. The van der Waals surface area contributed by atoms with Crippen molar-refractivity contribution in [3.8, 4) is 11.3 Å². The van der Waals surface area contributed by atoms with Crippen molar-refractivity contribution in [3.63, 3.8) is 0 Å². The normalized spacial score (nSPS) is 10.4. The van der Waals surface area contributed by atoms with E-state index in [9.17, 15) is 4.39 Å². The third-order valence-corrected chi connectivity index (χ3v) is 1.85. The topological polar surface area (TPSA) is 52.0 Å². The molecule has 0 bridgehead atoms. The first-order chi connectivity index (χ1) is 6.65. The highest BCUT2D eigenvalue weighted by Gasteiger charge is 2.05. The van der Waals surface area contributed by atoms with E-state index in [1.165, 1.54) is 18.3 Å². The monoisotopic (exact) mass is 192 g/mol. The van der Waals surface area contributed by atoms with Crippen LogP contribution in [0, 0.1) is 12.7 Å². The highest BCUT2D eigenvalue weighted by atomic mass is 19.1. The predicted octanol–water partition coefficient (Wildman–Crippen LogP) is 2.37. The molecule has 72 valence electrons. The van der Waals surface area contributed by atoms with Gasteiger partial charge in [0.05, 0.1) is 6.20 Å². The van der Waals surface area contributed by atoms with E-state index in [-0.39, 0.29) is 11.8 Å². The number of hydrogen-bond acceptors (Lipinski definition) is 3. The predicted molar refractivity (Wildman–Crippen MR) is 51.0 cm³/mol. The minimum Gasteiger partial charge on any atom is -0.424 e. The summed E-state index contributed by atoms with van der Waals surface area (Å²) >= 11 is 0. The fraction of sp³-hybridized carbons (Fsp3) is 0.100. The number of halogens is 1. The first kappa shape index (κ1) is 8.74. The summed E-state index contributed by atoms with van der Waals surface area (Å²) in [6.45, 7) is 1.81. The van der Waals surface area contributed by atoms with Crippen LogP contribution in [-0.4, -0.2) is 4.98 Å². The van der Waals surface area contributed by atoms with Gasteiger partial charge in [0, 0.05) is 5.56 Å². The van der Waals surface area contributed by atoms with E-state index in [0.29, 0.717) is 11.3 Å². The van der Waals surface area contributed by atoms with E-state index in [2.05, 4.69) is 4.98 Å². The van der Waals surface area contributed by atoms with Gasteiger partial charge in [-0.3, -0.25) is 0 Å². The van der Waals surface area contributed by atoms with Gasteiger partial charge >= 0.3 is 0 Å². The van der Waals surface area contributed by atoms with Gasteiger partial charge in [0.2, 0.25) is 0 Å². The van der Waals surface area contributed by atoms with E-state index in [1.807, 2.05) is 13.0 Å². The minimum absolute atomic E-state index is 0.0851. The molecule has 0 saturated heterocycles. The Morgan fingerprint density at radius 3 is 2.71 bits per heavy atom. The highest BCUT2D eigenvalue weighted by molar-refractivity contribution is 5.58. The maximum absolute atomic E-state index is 13.0. The Kier molecular flexibility index (Phi) is 1.96. The molecule has 0 aliphatic rings. The van der Waals surface area contributed by atoms with Gasteiger partial charge in [0.1, 0.15) is 5.82 Å². The Morgan fingerprint density at radius 1 is 1.36 bits per heavy atom. The summed E-state index contributed by atoms with van der Waals surface area (Å²) in [4.78, 5) is 3.74. The second-order valence-electron chi connectivity index (χ2n) is 3.08. The lowest BCUT2D eigenvalue weighted by atomic mass is 10.1. The summed E-state index contributed by atoms with van der Waals surface area (Å²) < 4.78 is 18.1. The molecule has 4 heteroatoms. The van der Waals surface area contributed by atoms with Gasteiger partial charge in [-0.25, -0.2) is 9.37 Å². The van der Waals surface area contributed by atoms with Crippen molar-refractivity contribution in [3.05, 3.63) is 35.8 Å². The molecular formula is C10H9FN2O. The second kappa shape index (κ2) is 3.14. The number of benzene rings is 1. The highest BCUT2D eigenvalue weighted by Crippen LogP contribution is 2.23. The maximum Gasteiger partial charge on any atom is 0.292 e. The number of nitrogen functional groups attached to an aromatic ring is 1. The number of nitrogens with two attached hydrogens (primary N) is 1. The molecule has 0 atom stereocenters. The molecular weight excluding hydrogens is 183 g/mol. The van der Waals surface area contributed by atoms with Crippen LogP contribution in [0.5, 0.6) is 0 Å². The number of aryl methyl sites for hydroxylation is 1. The van der Waals surface area contributed by atoms with E-state index in [0.717, 1.165) is 5.56 Å². The van der Waals surface area contributed by atoms with Gasteiger partial charge < -0.3 is 10.2 Å². The molecule has 0 fully saturated rings. The molecule has 0 aliphatic carbocycles. The fourth-order valence-corrected chi connectivity index (χ4v) is 1.30. The van der Waals surface area contributed by atoms with Crippen molar-refractivity contribution < 1.29 is 8.81 Å². The molecule has 2 rings (SSSR count). The smallest absolute Gasteiger partial charge is 0.292 e. The lowest BCUT2D eigenvalue weighted by Crippen LogP contribution is -1.82. The number of anilines is 1. The van der Waals surface area contributed by atoms with Crippen molar-refractivity contribution in [1.29, 1.82) is 0 Å². The molecule has 14 heavy (non-hydrogen) atoms. The molecule has 0 spiro atoms. The molecule has 2 N–H and O–H groups in total. The van der Waals surface area contributed by atoms with Crippen LogP contribution < -0.4 is 5.73 Å². The molecule has 0 radical (unpaired) electrons. The summed E-state index contributed by atoms with van der Waals surface area (Å²) in [7, 11) is 0. The maximum atomic E-state index is 13.0. The zero-order valence-electron chi connectivity index (χ0n) is 7.62. The van der Waals surface area contributed by atoms with E-state index in [1.54, 1.807) is 0 Å². The molecule has 1 aromatic heterocycles. The first-order valence-electron chi connectivity index (χ1n) is 4.14. The van der Waals surface area contributed by atoms with Gasteiger partial charge in [0.25, 0.3) is 6.01 Å². The Labute approximate surface area is 80.4 Å². The molecule has 2 aromatic rings. The SMILES string of the molecule is Cc1cc(F)cc(-c2cnc(N)o2)c1. The van der Waals surface area contributed by atoms with Crippen molar-refractivity contribution >= 4 is 6.01 Å². The van der Waals surface area contributed by atoms with Gasteiger partial charge in [-0.15, -0.1) is 0 Å². The fourth-order valence-electron chi connectivity index (χ4n) is 1.30. The number of rotatable bonds is 1. The van der Waals surface area contributed by atoms with Crippen molar-refractivity contribution in [2.24, 2.45) is 0 Å². The van der Waals surface area contributed by atoms with E-state index in [4.69, 9.17) is 10.2 Å². The minimum atomic E-state index is -0.296. The quantitative estimate of drug-likeness (QED) is 0.754. The van der Waals surface area contributed by atoms with Crippen molar-refractivity contribution in [2.75, 3.05) is 5.73 Å². The van der Waals surface area contributed by atoms with Crippen molar-refractivity contribution in [1.82, 2.24) is 4.98 Å². The van der Waals surface area contributed by atoms with E-state index >= 15 is 0 Å². The second-order valence-corrected chi connectivity index (χ2v) is 3.08. The van der Waals surface area contributed by atoms with Crippen LogP contribution in [0.1, 0.15) is 5.56 Å². The van der Waals surface area contributed by atoms with Crippen LogP contribution in [0.15, 0.2) is 28.8 Å². The Balaban J connectivity index is 2.51. The molecule has 0 aliphatic heterocycles. The summed E-state index contributed by atoms with van der Waals surface area (Å²) in [5, 5.41) is 0. The zero-order chi connectivity index (χ0) is 10.1. The number of nitrogens with zero attached hydrogens (tertiary/aromatic N) is 1. The van der Waals surface area contributed by atoms with Crippen LogP contribution in [-0.2, 0) is 0 Å². The molecule has 1 heterocycles. The molecule has 0 saturated carbocycles. The molecule has 0 unspecified atom stereocenters. The van der Waals surface area contributed by atoms with Gasteiger partial charge in [-0.1, -0.05) is 0 Å². The van der Waals surface area contributed by atoms with Gasteiger partial charge in [-0.05, 0) is 30.7 Å². The van der Waals surface area contributed by atoms with Crippen LogP contribution >= 0.6 is 0 Å². The average molecular weight is 192 g/mol. The average Bonchev–Trinajstić information content (AvgIpc) is 2.50. The molecule has 1 aromatic carbocycles. The summed E-state index contributed by atoms with van der Waals surface area (Å²) in [6, 6.07) is 4.72. The van der Waals surface area contributed by atoms with Crippen LogP contribution in [0.3, 0.4) is 0 Å². The van der Waals surface area contributed by atoms with Gasteiger partial charge in [0.15, 0.2) is 5.76 Å². The van der Waals surface area contributed by atoms with E-state index < -0.39 is 0 Å². The van der Waals surface area contributed by atoms with Crippen LogP contribution in [0.2, 0.25) is 0 Å². The van der Waals surface area contributed by atoms with Gasteiger partial charge in [-0.2, -0.15) is 0 Å². The van der Waals surface area contributed by atoms with Crippen molar-refractivity contribution in [2.45, 2.75) is 6.92 Å². The summed E-state index contributed by atoms with van der Waals surface area (Å²) in [5.41, 5.74) is 6.79. The third kappa shape index (κ3) is 1.59. The largest absolute Gasteiger partial charge is 0.424 e. The number of oxazole rings is 1. The standard InChI is InChI=1S/C10H9FN2O/c1-6-2-7(4-8(11)3-6)9-5-13-10(12)14-9/h2-5H,1H3,(H2,12,13). The molecule has 3 nitrogen and oxygen atoms in total. The van der Waals surface area contributed by atoms with Crippen LogP contribution in [0.25, 0.3) is 11.3 Å². The summed E-state index contributed by atoms with van der Waals surface area (Å²) in [6.07, 6.45) is 1.48. The Hall–Kier alpha value is -1.84. The third-order valence-electron chi connectivity index (χ3n) is 1.85. The molecule has 0 amide bonds. The lowest BCUT2D eigenvalue weighted by molar-refractivity contribution is 0.591.